The van der Waals surface area contributed by atoms with Gasteiger partial charge in [-0.05, 0) is 25.0 Å². The van der Waals surface area contributed by atoms with Crippen LogP contribution >= 0.6 is 0 Å². The molecule has 2 nitrogen and oxygen atoms in total. The summed E-state index contributed by atoms with van der Waals surface area (Å²) >= 11 is 0. The SMILES string of the molecule is CCCCc1cccn1CCO. The second kappa shape index (κ2) is 4.99. The number of nitrogens with zero attached hydrogens (tertiary/aromatic N) is 1. The summed E-state index contributed by atoms with van der Waals surface area (Å²) in [5.74, 6) is 0. The van der Waals surface area contributed by atoms with E-state index in [1.54, 1.807) is 0 Å². The molecular weight excluding hydrogens is 150 g/mol. The highest BCUT2D eigenvalue weighted by Gasteiger charge is 1.98. The third-order valence-corrected chi connectivity index (χ3v) is 2.05. The molecular formula is C10H17NO. The lowest BCUT2D eigenvalue weighted by Crippen LogP contribution is -2.04. The highest BCUT2D eigenvalue weighted by molar-refractivity contribution is 5.07. The summed E-state index contributed by atoms with van der Waals surface area (Å²) in [6.45, 7) is 3.15. The van der Waals surface area contributed by atoms with Crippen LogP contribution in [0, 0.1) is 0 Å². The Labute approximate surface area is 73.8 Å². The largest absolute Gasteiger partial charge is 0.395 e. The van der Waals surface area contributed by atoms with E-state index in [9.17, 15) is 0 Å². The molecule has 1 rings (SSSR count). The summed E-state index contributed by atoms with van der Waals surface area (Å²) in [6, 6.07) is 4.17. The van der Waals surface area contributed by atoms with Gasteiger partial charge < -0.3 is 9.67 Å². The predicted octanol–water partition coefficient (Wildman–Crippen LogP) is 1.82. The van der Waals surface area contributed by atoms with Crippen molar-refractivity contribution in [2.75, 3.05) is 6.61 Å². The molecule has 68 valence electrons. The monoisotopic (exact) mass is 167 g/mol. The Bertz CT molecular complexity index is 217. The molecule has 0 amide bonds. The van der Waals surface area contributed by atoms with E-state index in [1.165, 1.54) is 18.5 Å². The number of aliphatic hydroxyl groups is 1. The van der Waals surface area contributed by atoms with E-state index in [2.05, 4.69) is 17.6 Å². The smallest absolute Gasteiger partial charge is 0.0610 e. The Morgan fingerprint density at radius 1 is 1.50 bits per heavy atom. The van der Waals surface area contributed by atoms with E-state index in [0.717, 1.165) is 13.0 Å². The second-order valence-corrected chi connectivity index (χ2v) is 3.02. The van der Waals surface area contributed by atoms with Gasteiger partial charge in [0.25, 0.3) is 0 Å². The Morgan fingerprint density at radius 2 is 2.33 bits per heavy atom. The van der Waals surface area contributed by atoms with Crippen molar-refractivity contribution in [1.29, 1.82) is 0 Å². The van der Waals surface area contributed by atoms with Crippen LogP contribution in [0.4, 0.5) is 0 Å². The molecule has 0 aromatic carbocycles. The Hall–Kier alpha value is -0.760. The molecule has 0 unspecified atom stereocenters. The van der Waals surface area contributed by atoms with Crippen LogP contribution in [-0.2, 0) is 13.0 Å². The van der Waals surface area contributed by atoms with Crippen molar-refractivity contribution in [3.8, 4) is 0 Å². The molecule has 0 aliphatic carbocycles. The highest BCUT2D eigenvalue weighted by Crippen LogP contribution is 2.06. The molecule has 0 fully saturated rings. The Balaban J connectivity index is 2.51. The topological polar surface area (TPSA) is 25.2 Å². The second-order valence-electron chi connectivity index (χ2n) is 3.02. The van der Waals surface area contributed by atoms with Crippen molar-refractivity contribution < 1.29 is 5.11 Å². The maximum Gasteiger partial charge on any atom is 0.0610 e. The number of hydrogen-bond donors (Lipinski definition) is 1. The van der Waals surface area contributed by atoms with Gasteiger partial charge in [-0.15, -0.1) is 0 Å². The summed E-state index contributed by atoms with van der Waals surface area (Å²) in [5.41, 5.74) is 1.34. The normalized spacial score (nSPS) is 10.5. The van der Waals surface area contributed by atoms with Crippen LogP contribution in [0.1, 0.15) is 25.5 Å². The lowest BCUT2D eigenvalue weighted by atomic mass is 10.2. The Morgan fingerprint density at radius 3 is 3.00 bits per heavy atom. The average Bonchev–Trinajstić information content (AvgIpc) is 2.50. The van der Waals surface area contributed by atoms with E-state index >= 15 is 0 Å². The number of unbranched alkanes of at least 4 members (excludes halogenated alkanes) is 1. The fraction of sp³-hybridized carbons (Fsp3) is 0.600. The molecule has 0 saturated carbocycles. The predicted molar refractivity (Wildman–Crippen MR) is 50.1 cm³/mol. The van der Waals surface area contributed by atoms with E-state index in [4.69, 9.17) is 5.11 Å². The van der Waals surface area contributed by atoms with Gasteiger partial charge in [-0.1, -0.05) is 13.3 Å². The van der Waals surface area contributed by atoms with Crippen LogP contribution in [0.2, 0.25) is 0 Å². The van der Waals surface area contributed by atoms with Gasteiger partial charge >= 0.3 is 0 Å². The molecule has 1 aromatic heterocycles. The van der Waals surface area contributed by atoms with Gasteiger partial charge in [0.15, 0.2) is 0 Å². The van der Waals surface area contributed by atoms with Crippen molar-refractivity contribution in [3.05, 3.63) is 24.0 Å². The van der Waals surface area contributed by atoms with Gasteiger partial charge in [0, 0.05) is 18.4 Å². The van der Waals surface area contributed by atoms with Crippen LogP contribution in [0.5, 0.6) is 0 Å². The quantitative estimate of drug-likeness (QED) is 0.711. The fourth-order valence-electron chi connectivity index (χ4n) is 1.36. The molecule has 0 saturated heterocycles. The molecule has 0 aliphatic heterocycles. The molecule has 1 N–H and O–H groups in total. The first-order chi connectivity index (χ1) is 5.88. The first-order valence-corrected chi connectivity index (χ1v) is 4.63. The standard InChI is InChI=1S/C10H17NO/c1-2-3-5-10-6-4-7-11(10)8-9-12/h4,6-7,12H,2-3,5,8-9H2,1H3. The fourth-order valence-corrected chi connectivity index (χ4v) is 1.36. The van der Waals surface area contributed by atoms with Gasteiger partial charge in [0.2, 0.25) is 0 Å². The van der Waals surface area contributed by atoms with Crippen molar-refractivity contribution in [2.24, 2.45) is 0 Å². The molecule has 0 aliphatic rings. The average molecular weight is 167 g/mol. The molecule has 1 heterocycles. The Kier molecular flexibility index (Phi) is 3.88. The van der Waals surface area contributed by atoms with Gasteiger partial charge in [-0.25, -0.2) is 0 Å². The zero-order valence-electron chi connectivity index (χ0n) is 7.66. The van der Waals surface area contributed by atoms with Crippen molar-refractivity contribution in [3.63, 3.8) is 0 Å². The van der Waals surface area contributed by atoms with E-state index < -0.39 is 0 Å². The summed E-state index contributed by atoms with van der Waals surface area (Å²) < 4.78 is 2.12. The maximum absolute atomic E-state index is 8.77. The van der Waals surface area contributed by atoms with Crippen LogP contribution < -0.4 is 0 Å². The van der Waals surface area contributed by atoms with Gasteiger partial charge in [0.05, 0.1) is 6.61 Å². The zero-order valence-corrected chi connectivity index (χ0v) is 7.66. The number of hydrogen-bond acceptors (Lipinski definition) is 1. The van der Waals surface area contributed by atoms with Crippen molar-refractivity contribution >= 4 is 0 Å². The van der Waals surface area contributed by atoms with Crippen LogP contribution in [0.3, 0.4) is 0 Å². The minimum absolute atomic E-state index is 0.230. The third-order valence-electron chi connectivity index (χ3n) is 2.05. The van der Waals surface area contributed by atoms with Gasteiger partial charge in [0.1, 0.15) is 0 Å². The van der Waals surface area contributed by atoms with E-state index in [-0.39, 0.29) is 6.61 Å². The molecule has 2 heteroatoms. The molecule has 0 atom stereocenters. The molecule has 0 bridgehead atoms. The highest BCUT2D eigenvalue weighted by atomic mass is 16.3. The summed E-state index contributed by atoms with van der Waals surface area (Å²) in [4.78, 5) is 0. The third kappa shape index (κ3) is 2.38. The van der Waals surface area contributed by atoms with E-state index in [1.807, 2.05) is 12.3 Å². The lowest BCUT2D eigenvalue weighted by Gasteiger charge is -2.05. The number of aliphatic hydroxyl groups excluding tert-OH is 1. The summed E-state index contributed by atoms with van der Waals surface area (Å²) in [5, 5.41) is 8.77. The molecule has 1 aromatic rings. The summed E-state index contributed by atoms with van der Waals surface area (Å²) in [7, 11) is 0. The van der Waals surface area contributed by atoms with Crippen LogP contribution in [-0.4, -0.2) is 16.3 Å². The lowest BCUT2D eigenvalue weighted by molar-refractivity contribution is 0.274. The van der Waals surface area contributed by atoms with Crippen molar-refractivity contribution in [2.45, 2.75) is 32.7 Å². The maximum atomic E-state index is 8.77. The molecule has 0 spiro atoms. The van der Waals surface area contributed by atoms with Crippen LogP contribution in [0.25, 0.3) is 0 Å². The number of aryl methyl sites for hydroxylation is 1. The molecule has 0 radical (unpaired) electrons. The first-order valence-electron chi connectivity index (χ1n) is 4.63. The van der Waals surface area contributed by atoms with Crippen LogP contribution in [0.15, 0.2) is 18.3 Å². The molecule has 12 heavy (non-hydrogen) atoms. The zero-order chi connectivity index (χ0) is 8.81. The van der Waals surface area contributed by atoms with Gasteiger partial charge in [-0.2, -0.15) is 0 Å². The minimum Gasteiger partial charge on any atom is -0.395 e. The summed E-state index contributed by atoms with van der Waals surface area (Å²) in [6.07, 6.45) is 5.62. The minimum atomic E-state index is 0.230. The number of rotatable bonds is 5. The van der Waals surface area contributed by atoms with Crippen molar-refractivity contribution in [1.82, 2.24) is 4.57 Å². The van der Waals surface area contributed by atoms with E-state index in [0.29, 0.717) is 0 Å². The first kappa shape index (κ1) is 9.33. The van der Waals surface area contributed by atoms with Gasteiger partial charge in [-0.3, -0.25) is 0 Å². The number of aromatic nitrogens is 1.